The zero-order valence-electron chi connectivity index (χ0n) is 24.9. The van der Waals surface area contributed by atoms with Crippen molar-refractivity contribution in [2.75, 3.05) is 10.8 Å². The number of halogens is 2. The number of amides is 2. The maximum atomic E-state index is 14.3. The van der Waals surface area contributed by atoms with Crippen LogP contribution in [0, 0.1) is 13.8 Å². The summed E-state index contributed by atoms with van der Waals surface area (Å²) in [4.78, 5) is 29.5. The van der Waals surface area contributed by atoms with Crippen LogP contribution in [0.2, 0.25) is 10.0 Å². The van der Waals surface area contributed by atoms with E-state index in [4.69, 9.17) is 23.2 Å². The van der Waals surface area contributed by atoms with E-state index >= 15 is 0 Å². The fourth-order valence-corrected chi connectivity index (χ4v) is 7.32. The molecule has 1 aliphatic rings. The van der Waals surface area contributed by atoms with Gasteiger partial charge < -0.3 is 10.2 Å². The molecule has 1 atom stereocenters. The van der Waals surface area contributed by atoms with Crippen LogP contribution in [0.25, 0.3) is 0 Å². The van der Waals surface area contributed by atoms with Crippen molar-refractivity contribution in [3.8, 4) is 0 Å². The van der Waals surface area contributed by atoms with Crippen LogP contribution >= 0.6 is 23.2 Å². The van der Waals surface area contributed by atoms with Crippen molar-refractivity contribution in [1.82, 2.24) is 10.2 Å². The Balaban J connectivity index is 1.73. The van der Waals surface area contributed by atoms with Gasteiger partial charge in [0.25, 0.3) is 10.0 Å². The summed E-state index contributed by atoms with van der Waals surface area (Å²) in [6.45, 7) is 5.09. The van der Waals surface area contributed by atoms with Gasteiger partial charge in [-0.3, -0.25) is 13.9 Å². The molecule has 1 unspecified atom stereocenters. The van der Waals surface area contributed by atoms with Crippen LogP contribution in [-0.2, 0) is 26.2 Å². The standard InChI is InChI=1S/C33H39Cl2N3O4S/c1-4-31(33(40)36-27-10-6-5-7-11-27)37(21-25-15-16-26(34)20-30(25)35)32(39)22-38(28-12-8-9-24(3)19-28)43(41,42)29-17-13-23(2)14-18-29/h8-9,12-20,27,31H,4-7,10-11,21-22H2,1-3H3,(H,36,40). The molecule has 7 nitrogen and oxygen atoms in total. The van der Waals surface area contributed by atoms with Crippen molar-refractivity contribution >= 4 is 50.7 Å². The number of nitrogens with zero attached hydrogens (tertiary/aromatic N) is 2. The lowest BCUT2D eigenvalue weighted by Crippen LogP contribution is -2.54. The second kappa shape index (κ2) is 14.6. The average Bonchev–Trinajstić information content (AvgIpc) is 2.97. The molecule has 0 aliphatic heterocycles. The first-order valence-corrected chi connectivity index (χ1v) is 16.9. The molecule has 3 aromatic rings. The molecule has 1 aliphatic carbocycles. The van der Waals surface area contributed by atoms with Crippen molar-refractivity contribution in [3.63, 3.8) is 0 Å². The van der Waals surface area contributed by atoms with Crippen molar-refractivity contribution in [1.29, 1.82) is 0 Å². The van der Waals surface area contributed by atoms with Gasteiger partial charge in [-0.2, -0.15) is 0 Å². The molecule has 230 valence electrons. The van der Waals surface area contributed by atoms with Gasteiger partial charge in [0.2, 0.25) is 11.8 Å². The second-order valence-electron chi connectivity index (χ2n) is 11.2. The predicted molar refractivity (Wildman–Crippen MR) is 173 cm³/mol. The molecular weight excluding hydrogens is 605 g/mol. The summed E-state index contributed by atoms with van der Waals surface area (Å²) in [6, 6.07) is 17.7. The van der Waals surface area contributed by atoms with Crippen LogP contribution in [0.1, 0.15) is 62.1 Å². The number of hydrogen-bond acceptors (Lipinski definition) is 4. The summed E-state index contributed by atoms with van der Waals surface area (Å²) < 4.78 is 29.2. The molecule has 0 saturated heterocycles. The molecule has 1 fully saturated rings. The van der Waals surface area contributed by atoms with E-state index in [9.17, 15) is 18.0 Å². The van der Waals surface area contributed by atoms with Crippen LogP contribution in [0.5, 0.6) is 0 Å². The first-order chi connectivity index (χ1) is 20.5. The zero-order chi connectivity index (χ0) is 31.1. The Hall–Kier alpha value is -3.07. The number of anilines is 1. The van der Waals surface area contributed by atoms with Gasteiger partial charge in [-0.1, -0.05) is 85.3 Å². The highest BCUT2D eigenvalue weighted by atomic mass is 35.5. The van der Waals surface area contributed by atoms with Crippen molar-refractivity contribution < 1.29 is 18.0 Å². The van der Waals surface area contributed by atoms with E-state index in [1.165, 1.54) is 17.0 Å². The van der Waals surface area contributed by atoms with Gasteiger partial charge in [0, 0.05) is 22.6 Å². The number of hydrogen-bond donors (Lipinski definition) is 1. The Bertz CT molecular complexity index is 1540. The topological polar surface area (TPSA) is 86.8 Å². The Labute approximate surface area is 265 Å². The maximum Gasteiger partial charge on any atom is 0.264 e. The monoisotopic (exact) mass is 643 g/mol. The minimum Gasteiger partial charge on any atom is -0.352 e. The SMILES string of the molecule is CCC(C(=O)NC1CCCCC1)N(Cc1ccc(Cl)cc1Cl)C(=O)CN(c1cccc(C)c1)S(=O)(=O)c1ccc(C)cc1. The first-order valence-electron chi connectivity index (χ1n) is 14.7. The predicted octanol–water partition coefficient (Wildman–Crippen LogP) is 7.06. The highest BCUT2D eigenvalue weighted by Crippen LogP contribution is 2.28. The molecule has 0 heterocycles. The summed E-state index contributed by atoms with van der Waals surface area (Å²) in [6.07, 6.45) is 5.38. The van der Waals surface area contributed by atoms with Gasteiger partial charge in [0.1, 0.15) is 12.6 Å². The van der Waals surface area contributed by atoms with Crippen LogP contribution in [0.4, 0.5) is 5.69 Å². The molecule has 0 bridgehead atoms. The summed E-state index contributed by atoms with van der Waals surface area (Å²) >= 11 is 12.6. The Morgan fingerprint density at radius 1 is 0.930 bits per heavy atom. The Morgan fingerprint density at radius 3 is 2.26 bits per heavy atom. The summed E-state index contributed by atoms with van der Waals surface area (Å²) in [5.41, 5.74) is 2.72. The fraction of sp³-hybridized carbons (Fsp3) is 0.394. The number of rotatable bonds is 11. The highest BCUT2D eigenvalue weighted by molar-refractivity contribution is 7.92. The molecule has 0 radical (unpaired) electrons. The van der Waals surface area contributed by atoms with Gasteiger partial charge in [0.05, 0.1) is 10.6 Å². The van der Waals surface area contributed by atoms with Crippen molar-refractivity contribution in [3.05, 3.63) is 93.5 Å². The molecule has 1 saturated carbocycles. The maximum absolute atomic E-state index is 14.3. The molecule has 43 heavy (non-hydrogen) atoms. The molecule has 10 heteroatoms. The summed E-state index contributed by atoms with van der Waals surface area (Å²) in [7, 11) is -4.14. The lowest BCUT2D eigenvalue weighted by Gasteiger charge is -2.34. The van der Waals surface area contributed by atoms with E-state index in [1.807, 2.05) is 26.8 Å². The number of carbonyl (C=O) groups is 2. The van der Waals surface area contributed by atoms with E-state index in [0.29, 0.717) is 27.7 Å². The Kier molecular flexibility index (Phi) is 11.2. The summed E-state index contributed by atoms with van der Waals surface area (Å²) in [5, 5.41) is 3.95. The van der Waals surface area contributed by atoms with Gasteiger partial charge in [-0.15, -0.1) is 0 Å². The normalized spacial score (nSPS) is 14.6. The molecule has 2 amide bonds. The van der Waals surface area contributed by atoms with Crippen molar-refractivity contribution in [2.45, 2.75) is 82.8 Å². The first kappa shape index (κ1) is 32.8. The molecule has 1 N–H and O–H groups in total. The average molecular weight is 645 g/mol. The number of benzene rings is 3. The van der Waals surface area contributed by atoms with E-state index < -0.39 is 28.5 Å². The fourth-order valence-electron chi connectivity index (χ4n) is 5.45. The van der Waals surface area contributed by atoms with Gasteiger partial charge in [0.15, 0.2) is 0 Å². The third kappa shape index (κ3) is 8.31. The molecule has 3 aromatic carbocycles. The largest absolute Gasteiger partial charge is 0.352 e. The number of aryl methyl sites for hydroxylation is 2. The lowest BCUT2D eigenvalue weighted by molar-refractivity contribution is -0.140. The highest BCUT2D eigenvalue weighted by Gasteiger charge is 2.34. The van der Waals surface area contributed by atoms with Crippen LogP contribution in [0.15, 0.2) is 71.6 Å². The second-order valence-corrected chi connectivity index (χ2v) is 13.9. The van der Waals surface area contributed by atoms with E-state index in [-0.39, 0.29) is 23.4 Å². The zero-order valence-corrected chi connectivity index (χ0v) is 27.2. The molecule has 4 rings (SSSR count). The van der Waals surface area contributed by atoms with Gasteiger partial charge in [-0.05, 0) is 80.6 Å². The number of nitrogens with one attached hydrogen (secondary N) is 1. The molecule has 0 spiro atoms. The van der Waals surface area contributed by atoms with Crippen LogP contribution in [0.3, 0.4) is 0 Å². The molecule has 0 aromatic heterocycles. The minimum atomic E-state index is -4.14. The number of sulfonamides is 1. The quantitative estimate of drug-likeness (QED) is 0.242. The van der Waals surface area contributed by atoms with E-state index in [0.717, 1.165) is 47.5 Å². The van der Waals surface area contributed by atoms with Gasteiger partial charge >= 0.3 is 0 Å². The Morgan fingerprint density at radius 2 is 1.63 bits per heavy atom. The van der Waals surface area contributed by atoms with Gasteiger partial charge in [-0.25, -0.2) is 8.42 Å². The summed E-state index contributed by atoms with van der Waals surface area (Å²) in [5.74, 6) is -0.773. The molecular formula is C33H39Cl2N3O4S. The van der Waals surface area contributed by atoms with Crippen molar-refractivity contribution in [2.24, 2.45) is 0 Å². The van der Waals surface area contributed by atoms with Crippen LogP contribution < -0.4 is 9.62 Å². The van der Waals surface area contributed by atoms with E-state index in [1.54, 1.807) is 48.5 Å². The lowest BCUT2D eigenvalue weighted by atomic mass is 9.95. The van der Waals surface area contributed by atoms with Crippen LogP contribution in [-0.4, -0.2) is 43.8 Å². The smallest absolute Gasteiger partial charge is 0.264 e. The third-order valence-electron chi connectivity index (χ3n) is 7.87. The number of carbonyl (C=O) groups excluding carboxylic acids is 2. The minimum absolute atomic E-state index is 0.0116. The third-order valence-corrected chi connectivity index (χ3v) is 10.2. The van der Waals surface area contributed by atoms with E-state index in [2.05, 4.69) is 5.32 Å².